The standard InChI is InChI=1S/C12H25N3O2/c1-6-15(7-2)10(16)8-14(5)11(17)12(3,4)9-13/h6-9,13H2,1-5H3. The fourth-order valence-corrected chi connectivity index (χ4v) is 1.55. The lowest BCUT2D eigenvalue weighted by molar-refractivity contribution is -0.144. The van der Waals surface area contributed by atoms with Gasteiger partial charge >= 0.3 is 0 Å². The van der Waals surface area contributed by atoms with E-state index in [2.05, 4.69) is 0 Å². The van der Waals surface area contributed by atoms with E-state index in [-0.39, 0.29) is 24.9 Å². The van der Waals surface area contributed by atoms with Crippen LogP contribution in [0.4, 0.5) is 0 Å². The number of likely N-dealkylation sites (N-methyl/N-ethyl adjacent to an activating group) is 2. The third-order valence-electron chi connectivity index (χ3n) is 2.92. The second kappa shape index (κ2) is 6.59. The summed E-state index contributed by atoms with van der Waals surface area (Å²) in [7, 11) is 1.64. The molecule has 0 spiro atoms. The quantitative estimate of drug-likeness (QED) is 0.729. The van der Waals surface area contributed by atoms with Gasteiger partial charge in [0.15, 0.2) is 0 Å². The van der Waals surface area contributed by atoms with Gasteiger partial charge in [-0.25, -0.2) is 0 Å². The summed E-state index contributed by atoms with van der Waals surface area (Å²) in [5.41, 5.74) is 4.93. The normalized spacial score (nSPS) is 11.2. The van der Waals surface area contributed by atoms with E-state index in [0.29, 0.717) is 13.1 Å². The van der Waals surface area contributed by atoms with Crippen LogP contribution in [0.15, 0.2) is 0 Å². The molecule has 0 radical (unpaired) electrons. The Balaban J connectivity index is 4.50. The van der Waals surface area contributed by atoms with Crippen molar-refractivity contribution in [3.63, 3.8) is 0 Å². The summed E-state index contributed by atoms with van der Waals surface area (Å²) >= 11 is 0. The van der Waals surface area contributed by atoms with Crippen LogP contribution in [0.3, 0.4) is 0 Å². The molecule has 0 aliphatic carbocycles. The largest absolute Gasteiger partial charge is 0.342 e. The zero-order valence-electron chi connectivity index (χ0n) is 11.6. The van der Waals surface area contributed by atoms with Gasteiger partial charge in [-0.2, -0.15) is 0 Å². The first-order chi connectivity index (χ1) is 7.80. The van der Waals surface area contributed by atoms with Gasteiger partial charge in [-0.05, 0) is 27.7 Å². The number of hydrogen-bond acceptors (Lipinski definition) is 3. The Morgan fingerprint density at radius 3 is 2.00 bits per heavy atom. The molecule has 0 saturated carbocycles. The molecule has 0 aromatic carbocycles. The van der Waals surface area contributed by atoms with Gasteiger partial charge in [-0.1, -0.05) is 0 Å². The first-order valence-corrected chi connectivity index (χ1v) is 6.03. The van der Waals surface area contributed by atoms with Crippen LogP contribution in [0.1, 0.15) is 27.7 Å². The highest BCUT2D eigenvalue weighted by molar-refractivity contribution is 5.87. The molecule has 0 fully saturated rings. The molecule has 0 aliphatic rings. The molecule has 5 heteroatoms. The summed E-state index contributed by atoms with van der Waals surface area (Å²) in [5, 5.41) is 0. The smallest absolute Gasteiger partial charge is 0.242 e. The molecule has 0 unspecified atom stereocenters. The number of carbonyl (C=O) groups is 2. The highest BCUT2D eigenvalue weighted by Gasteiger charge is 2.30. The van der Waals surface area contributed by atoms with Crippen LogP contribution >= 0.6 is 0 Å². The van der Waals surface area contributed by atoms with E-state index in [0.717, 1.165) is 0 Å². The molecule has 0 saturated heterocycles. The van der Waals surface area contributed by atoms with Crippen molar-refractivity contribution in [2.75, 3.05) is 33.2 Å². The number of nitrogens with two attached hydrogens (primary N) is 1. The first-order valence-electron chi connectivity index (χ1n) is 6.03. The van der Waals surface area contributed by atoms with Gasteiger partial charge in [0.2, 0.25) is 11.8 Å². The van der Waals surface area contributed by atoms with E-state index in [4.69, 9.17) is 5.73 Å². The van der Waals surface area contributed by atoms with Crippen molar-refractivity contribution in [3.05, 3.63) is 0 Å². The maximum Gasteiger partial charge on any atom is 0.242 e. The molecule has 5 nitrogen and oxygen atoms in total. The molecule has 0 aromatic rings. The van der Waals surface area contributed by atoms with Gasteiger partial charge in [-0.3, -0.25) is 9.59 Å². The van der Waals surface area contributed by atoms with Crippen molar-refractivity contribution in [1.29, 1.82) is 0 Å². The molecule has 0 aromatic heterocycles. The predicted molar refractivity (Wildman–Crippen MR) is 68.4 cm³/mol. The fourth-order valence-electron chi connectivity index (χ4n) is 1.55. The molecule has 0 bridgehead atoms. The maximum atomic E-state index is 12.0. The van der Waals surface area contributed by atoms with Gasteiger partial charge in [0.25, 0.3) is 0 Å². The summed E-state index contributed by atoms with van der Waals surface area (Å²) in [5.74, 6) is -0.126. The maximum absolute atomic E-state index is 12.0. The summed E-state index contributed by atoms with van der Waals surface area (Å²) in [6.45, 7) is 9.14. The van der Waals surface area contributed by atoms with E-state index in [9.17, 15) is 9.59 Å². The molecule has 100 valence electrons. The second-order valence-electron chi connectivity index (χ2n) is 4.82. The Morgan fingerprint density at radius 2 is 1.65 bits per heavy atom. The van der Waals surface area contributed by atoms with Crippen LogP contribution < -0.4 is 5.73 Å². The lowest BCUT2D eigenvalue weighted by atomic mass is 9.92. The monoisotopic (exact) mass is 243 g/mol. The summed E-state index contributed by atoms with van der Waals surface area (Å²) in [6.07, 6.45) is 0. The molecule has 0 rings (SSSR count). The molecular weight excluding hydrogens is 218 g/mol. The third kappa shape index (κ3) is 4.34. The number of nitrogens with zero attached hydrogens (tertiary/aromatic N) is 2. The zero-order chi connectivity index (χ0) is 13.6. The topological polar surface area (TPSA) is 66.6 Å². The van der Waals surface area contributed by atoms with Crippen LogP contribution in [-0.2, 0) is 9.59 Å². The van der Waals surface area contributed by atoms with Crippen LogP contribution in [0.2, 0.25) is 0 Å². The van der Waals surface area contributed by atoms with Gasteiger partial charge in [0.05, 0.1) is 12.0 Å². The Hall–Kier alpha value is -1.10. The second-order valence-corrected chi connectivity index (χ2v) is 4.82. The minimum Gasteiger partial charge on any atom is -0.342 e. The van der Waals surface area contributed by atoms with Crippen LogP contribution in [-0.4, -0.2) is 54.8 Å². The van der Waals surface area contributed by atoms with Crippen molar-refractivity contribution in [1.82, 2.24) is 9.80 Å². The minimum atomic E-state index is -0.613. The van der Waals surface area contributed by atoms with E-state index >= 15 is 0 Å². The van der Waals surface area contributed by atoms with Gasteiger partial charge in [0.1, 0.15) is 0 Å². The average Bonchev–Trinajstić information content (AvgIpc) is 2.29. The van der Waals surface area contributed by atoms with Crippen molar-refractivity contribution in [2.45, 2.75) is 27.7 Å². The van der Waals surface area contributed by atoms with E-state index in [1.54, 1.807) is 25.8 Å². The van der Waals surface area contributed by atoms with Crippen molar-refractivity contribution in [3.8, 4) is 0 Å². The van der Waals surface area contributed by atoms with Gasteiger partial charge in [0, 0.05) is 26.7 Å². The van der Waals surface area contributed by atoms with Gasteiger partial charge < -0.3 is 15.5 Å². The summed E-state index contributed by atoms with van der Waals surface area (Å²) in [4.78, 5) is 27.0. The summed E-state index contributed by atoms with van der Waals surface area (Å²) < 4.78 is 0. The van der Waals surface area contributed by atoms with Gasteiger partial charge in [-0.15, -0.1) is 0 Å². The number of amides is 2. The molecule has 2 amide bonds. The molecule has 0 aliphatic heterocycles. The first kappa shape index (κ1) is 15.9. The number of rotatable bonds is 6. The van der Waals surface area contributed by atoms with Crippen molar-refractivity contribution < 1.29 is 9.59 Å². The Bertz CT molecular complexity index is 273. The van der Waals surface area contributed by atoms with E-state index < -0.39 is 5.41 Å². The highest BCUT2D eigenvalue weighted by atomic mass is 16.2. The van der Waals surface area contributed by atoms with Crippen molar-refractivity contribution in [2.24, 2.45) is 11.1 Å². The number of carbonyl (C=O) groups excluding carboxylic acids is 2. The molecule has 2 N–H and O–H groups in total. The lowest BCUT2D eigenvalue weighted by Crippen LogP contribution is -2.47. The van der Waals surface area contributed by atoms with E-state index in [1.807, 2.05) is 13.8 Å². The predicted octanol–water partition coefficient (Wildman–Crippen LogP) is 0.298. The molecule has 0 heterocycles. The Kier molecular flexibility index (Phi) is 6.16. The zero-order valence-corrected chi connectivity index (χ0v) is 11.6. The fraction of sp³-hybridized carbons (Fsp3) is 0.833. The minimum absolute atomic E-state index is 0.0290. The van der Waals surface area contributed by atoms with Crippen LogP contribution in [0.25, 0.3) is 0 Å². The lowest BCUT2D eigenvalue weighted by Gasteiger charge is -2.29. The van der Waals surface area contributed by atoms with Crippen LogP contribution in [0.5, 0.6) is 0 Å². The Labute approximate surface area is 104 Å². The highest BCUT2D eigenvalue weighted by Crippen LogP contribution is 2.15. The molecule has 17 heavy (non-hydrogen) atoms. The number of hydrogen-bond donors (Lipinski definition) is 1. The third-order valence-corrected chi connectivity index (χ3v) is 2.92. The molecular formula is C12H25N3O2. The SMILES string of the molecule is CCN(CC)C(=O)CN(C)C(=O)C(C)(C)CN. The van der Waals surface area contributed by atoms with E-state index in [1.165, 1.54) is 4.90 Å². The molecule has 0 atom stereocenters. The van der Waals surface area contributed by atoms with Crippen molar-refractivity contribution >= 4 is 11.8 Å². The van der Waals surface area contributed by atoms with Crippen LogP contribution in [0, 0.1) is 5.41 Å². The summed E-state index contributed by atoms with van der Waals surface area (Å²) in [6, 6.07) is 0. The average molecular weight is 243 g/mol. The Morgan fingerprint density at radius 1 is 1.18 bits per heavy atom.